The molecule has 0 N–H and O–H groups in total. The van der Waals surface area contributed by atoms with Gasteiger partial charge in [-0.2, -0.15) is 10.4 Å². The van der Waals surface area contributed by atoms with E-state index in [1.54, 1.807) is 21.8 Å². The molecule has 32 heavy (non-hydrogen) atoms. The molecule has 3 fully saturated rings. The normalized spacial score (nSPS) is 21.5. The quantitative estimate of drug-likeness (QED) is 0.587. The van der Waals surface area contributed by atoms with Gasteiger partial charge >= 0.3 is 0 Å². The molecular formula is C25H23N5O2. The molecule has 1 saturated carbocycles. The van der Waals surface area contributed by atoms with Crippen molar-refractivity contribution in [3.63, 3.8) is 0 Å². The zero-order valence-corrected chi connectivity index (χ0v) is 17.9. The third kappa shape index (κ3) is 3.36. The minimum Gasteiger partial charge on any atom is -0.492 e. The number of hydrogen-bond acceptors (Lipinski definition) is 5. The highest BCUT2D eigenvalue weighted by Crippen LogP contribution is 2.47. The van der Waals surface area contributed by atoms with Gasteiger partial charge in [-0.15, -0.1) is 6.42 Å². The van der Waals surface area contributed by atoms with Crippen LogP contribution in [0.5, 0.6) is 5.75 Å². The second kappa shape index (κ2) is 8.01. The monoisotopic (exact) mass is 425 g/mol. The molecule has 0 radical (unpaired) electrons. The van der Waals surface area contributed by atoms with E-state index in [9.17, 15) is 10.1 Å². The second-order valence-electron chi connectivity index (χ2n) is 8.50. The lowest BCUT2D eigenvalue weighted by Gasteiger charge is -2.53. The molecule has 3 aromatic heterocycles. The van der Waals surface area contributed by atoms with Gasteiger partial charge in [0, 0.05) is 36.1 Å². The van der Waals surface area contributed by atoms with Crippen molar-refractivity contribution in [2.75, 3.05) is 19.7 Å². The summed E-state index contributed by atoms with van der Waals surface area (Å²) in [7, 11) is 0. The number of terminal acetylenes is 1. The summed E-state index contributed by atoms with van der Waals surface area (Å²) in [5, 5.41) is 13.8. The van der Waals surface area contributed by atoms with Crippen molar-refractivity contribution in [1.82, 2.24) is 19.5 Å². The van der Waals surface area contributed by atoms with Crippen LogP contribution in [0.1, 0.15) is 24.6 Å². The minimum atomic E-state index is -0.196. The third-order valence-corrected chi connectivity index (χ3v) is 6.74. The van der Waals surface area contributed by atoms with Gasteiger partial charge in [0.1, 0.15) is 11.8 Å². The van der Waals surface area contributed by atoms with Crippen LogP contribution in [0.4, 0.5) is 0 Å². The Bertz CT molecular complexity index is 1250. The lowest BCUT2D eigenvalue weighted by atomic mass is 9.60. The number of ether oxygens (including phenoxy) is 1. The van der Waals surface area contributed by atoms with E-state index in [0.717, 1.165) is 48.3 Å². The fourth-order valence-electron chi connectivity index (χ4n) is 5.17. The molecule has 5 heterocycles. The number of piperidine rings is 2. The molecule has 7 nitrogen and oxygen atoms in total. The van der Waals surface area contributed by atoms with Crippen LogP contribution in [0.3, 0.4) is 0 Å². The van der Waals surface area contributed by atoms with Gasteiger partial charge in [-0.05, 0) is 55.6 Å². The molecular weight excluding hydrogens is 402 g/mol. The lowest BCUT2D eigenvalue weighted by Crippen LogP contribution is -2.57. The van der Waals surface area contributed by atoms with E-state index in [1.165, 1.54) is 0 Å². The van der Waals surface area contributed by atoms with Crippen LogP contribution >= 0.6 is 0 Å². The maximum absolute atomic E-state index is 11.8. The second-order valence-corrected chi connectivity index (χ2v) is 8.50. The molecule has 2 saturated heterocycles. The van der Waals surface area contributed by atoms with E-state index in [0.29, 0.717) is 35.7 Å². The molecule has 1 amide bonds. The number of carbonyl (C=O) groups excluding carboxylic acids is 1. The highest BCUT2D eigenvalue weighted by Gasteiger charge is 2.47. The molecule has 2 atom stereocenters. The topological polar surface area (TPSA) is 83.5 Å². The van der Waals surface area contributed by atoms with Gasteiger partial charge in [0.25, 0.3) is 5.91 Å². The summed E-state index contributed by atoms with van der Waals surface area (Å²) < 4.78 is 7.38. The van der Waals surface area contributed by atoms with Crippen LogP contribution < -0.4 is 4.74 Å². The van der Waals surface area contributed by atoms with Crippen LogP contribution in [0.15, 0.2) is 36.8 Å². The van der Waals surface area contributed by atoms with E-state index in [1.807, 2.05) is 25.3 Å². The van der Waals surface area contributed by atoms with Crippen LogP contribution in [-0.2, 0) is 11.2 Å². The molecule has 3 aromatic rings. The van der Waals surface area contributed by atoms with Gasteiger partial charge < -0.3 is 9.64 Å². The molecule has 2 unspecified atom stereocenters. The summed E-state index contributed by atoms with van der Waals surface area (Å²) in [4.78, 5) is 18.3. The smallest absolute Gasteiger partial charge is 0.298 e. The molecule has 2 aliphatic heterocycles. The van der Waals surface area contributed by atoms with Gasteiger partial charge in [0.15, 0.2) is 0 Å². The van der Waals surface area contributed by atoms with Crippen molar-refractivity contribution in [3.8, 4) is 35.3 Å². The predicted octanol–water partition coefficient (Wildman–Crippen LogP) is 2.94. The fraction of sp³-hybridized carbons (Fsp3) is 0.360. The first-order chi connectivity index (χ1) is 15.6. The van der Waals surface area contributed by atoms with Crippen molar-refractivity contribution in [2.45, 2.75) is 19.8 Å². The van der Waals surface area contributed by atoms with Crippen molar-refractivity contribution in [3.05, 3.63) is 48.0 Å². The summed E-state index contributed by atoms with van der Waals surface area (Å²) >= 11 is 0. The summed E-state index contributed by atoms with van der Waals surface area (Å²) in [6.45, 7) is 3.98. The number of nitrogens with zero attached hydrogens (tertiary/aromatic N) is 5. The number of nitriles is 1. The summed E-state index contributed by atoms with van der Waals surface area (Å²) in [5.41, 5.74) is 4.08. The van der Waals surface area contributed by atoms with Gasteiger partial charge in [-0.25, -0.2) is 4.52 Å². The van der Waals surface area contributed by atoms with Crippen LogP contribution in [-0.4, -0.2) is 45.1 Å². The Morgan fingerprint density at radius 2 is 2.12 bits per heavy atom. The molecule has 2 bridgehead atoms. The Balaban J connectivity index is 1.38. The summed E-state index contributed by atoms with van der Waals surface area (Å²) in [6.07, 6.45) is 12.6. The van der Waals surface area contributed by atoms with E-state index < -0.39 is 0 Å². The fourth-order valence-corrected chi connectivity index (χ4v) is 5.17. The third-order valence-electron chi connectivity index (χ3n) is 6.74. The largest absolute Gasteiger partial charge is 0.492 e. The van der Waals surface area contributed by atoms with Crippen LogP contribution in [0.2, 0.25) is 0 Å². The average Bonchev–Trinajstić information content (AvgIpc) is 3.25. The van der Waals surface area contributed by atoms with E-state index in [-0.39, 0.29) is 5.91 Å². The number of hydrogen-bond donors (Lipinski definition) is 0. The van der Waals surface area contributed by atoms with Crippen molar-refractivity contribution < 1.29 is 9.53 Å². The van der Waals surface area contributed by atoms with Crippen molar-refractivity contribution in [1.29, 1.82) is 5.26 Å². The van der Waals surface area contributed by atoms with Crippen LogP contribution in [0.25, 0.3) is 16.6 Å². The first-order valence-corrected chi connectivity index (χ1v) is 10.9. The van der Waals surface area contributed by atoms with E-state index >= 15 is 0 Å². The number of aromatic nitrogens is 3. The van der Waals surface area contributed by atoms with Gasteiger partial charge in [-0.1, -0.05) is 6.07 Å². The van der Waals surface area contributed by atoms with Crippen molar-refractivity contribution in [2.24, 2.45) is 17.8 Å². The lowest BCUT2D eigenvalue weighted by molar-refractivity contribution is -0.135. The molecule has 0 aromatic carbocycles. The maximum atomic E-state index is 11.8. The summed E-state index contributed by atoms with van der Waals surface area (Å²) in [6, 6.07) is 8.26. The zero-order valence-electron chi connectivity index (χ0n) is 17.9. The van der Waals surface area contributed by atoms with E-state index in [2.05, 4.69) is 23.2 Å². The molecule has 7 heteroatoms. The Hall–Kier alpha value is -3.84. The SMILES string of the molecule is C#CC(=O)N1CC2CC(C1)C2Cc1ccc(-c2cc(OCC)cn3ncc(C#N)c23)cn1. The molecule has 0 spiro atoms. The average molecular weight is 425 g/mol. The number of pyridine rings is 2. The molecule has 3 aliphatic rings. The number of carbonyl (C=O) groups is 1. The molecule has 160 valence electrons. The Morgan fingerprint density at radius 3 is 2.78 bits per heavy atom. The first kappa shape index (κ1) is 20.1. The van der Waals surface area contributed by atoms with E-state index in [4.69, 9.17) is 16.1 Å². The Labute approximate surface area is 186 Å². The predicted molar refractivity (Wildman–Crippen MR) is 119 cm³/mol. The highest BCUT2D eigenvalue weighted by molar-refractivity contribution is 5.93. The highest BCUT2D eigenvalue weighted by atomic mass is 16.5. The Kier molecular flexibility index (Phi) is 5.03. The van der Waals surface area contributed by atoms with Gasteiger partial charge in [0.05, 0.1) is 30.1 Å². The number of rotatable bonds is 5. The summed E-state index contributed by atoms with van der Waals surface area (Å²) in [5.74, 6) is 4.27. The van der Waals surface area contributed by atoms with Gasteiger partial charge in [-0.3, -0.25) is 9.78 Å². The Morgan fingerprint density at radius 1 is 1.31 bits per heavy atom. The zero-order chi connectivity index (χ0) is 22.2. The number of fused-ring (bicyclic) bond motifs is 3. The number of amides is 1. The minimum absolute atomic E-state index is 0.196. The van der Waals surface area contributed by atoms with Crippen molar-refractivity contribution >= 4 is 11.4 Å². The van der Waals surface area contributed by atoms with Gasteiger partial charge in [0.2, 0.25) is 0 Å². The first-order valence-electron chi connectivity index (χ1n) is 10.9. The standard InChI is InChI=1S/C25H23N5O2/c1-3-24(31)29-13-17-7-18(14-29)22(17)8-20-6-5-16(11-27-20)23-9-21(32-4-2)15-30-25(23)19(10-26)12-28-30/h1,5-6,9,11-12,15,17-18,22H,4,7-8,13-14H2,2H3. The molecule has 1 aliphatic carbocycles. The van der Waals surface area contributed by atoms with Crippen LogP contribution in [0, 0.1) is 41.4 Å². The maximum Gasteiger partial charge on any atom is 0.298 e. The molecule has 6 rings (SSSR count).